The molecule has 1 aromatic heterocycles. The number of nitrogens with zero attached hydrogens (tertiary/aromatic N) is 3. The lowest BCUT2D eigenvalue weighted by molar-refractivity contribution is -0.140. The summed E-state index contributed by atoms with van der Waals surface area (Å²) in [7, 11) is 0. The molecule has 2 rings (SSSR count). The van der Waals surface area contributed by atoms with Gasteiger partial charge in [0.2, 0.25) is 0 Å². The summed E-state index contributed by atoms with van der Waals surface area (Å²) in [6, 6.07) is 8.75. The van der Waals surface area contributed by atoms with Crippen molar-refractivity contribution in [2.75, 3.05) is 19.8 Å². The van der Waals surface area contributed by atoms with Crippen LogP contribution in [0.4, 0.5) is 0 Å². The van der Waals surface area contributed by atoms with E-state index in [9.17, 15) is 24.0 Å². The van der Waals surface area contributed by atoms with E-state index in [2.05, 4.69) is 18.0 Å². The largest absolute Gasteiger partial charge is 0.460 e. The number of hydrogen-bond acceptors (Lipinski definition) is 10. The van der Waals surface area contributed by atoms with Crippen LogP contribution in [0.3, 0.4) is 0 Å². The molecule has 0 aliphatic heterocycles. The molecule has 0 aliphatic rings. The molecule has 0 saturated carbocycles. The molecule has 2 aromatic rings. The first kappa shape index (κ1) is 33.8. The first-order valence-electron chi connectivity index (χ1n) is 12.7. The van der Waals surface area contributed by atoms with Gasteiger partial charge in [-0.3, -0.25) is 0 Å². The molecule has 0 atom stereocenters. The first-order chi connectivity index (χ1) is 19.0. The number of esters is 2. The van der Waals surface area contributed by atoms with Crippen LogP contribution in [-0.2, 0) is 38.7 Å². The van der Waals surface area contributed by atoms with Crippen molar-refractivity contribution in [1.29, 1.82) is 0 Å². The number of nitrogens with two attached hydrogens (primary N) is 1. The molecule has 0 fully saturated rings. The number of benzene rings is 1. The molecule has 0 bridgehead atoms. The van der Waals surface area contributed by atoms with E-state index >= 15 is 0 Å². The number of ether oxygens (including phenoxy) is 2. The normalized spacial score (nSPS) is 10.2. The zero-order valence-corrected chi connectivity index (χ0v) is 23.0. The van der Waals surface area contributed by atoms with E-state index in [0.717, 1.165) is 33.0 Å². The summed E-state index contributed by atoms with van der Waals surface area (Å²) >= 11 is 0. The monoisotopic (exact) mass is 564 g/mol. The van der Waals surface area contributed by atoms with Gasteiger partial charge in [0.1, 0.15) is 13.2 Å². The van der Waals surface area contributed by atoms with Crippen molar-refractivity contribution in [1.82, 2.24) is 13.7 Å². The number of unbranched alkanes of at least 4 members (excludes halogenated alkanes) is 3. The van der Waals surface area contributed by atoms with Crippen molar-refractivity contribution < 1.29 is 30.6 Å². The Morgan fingerprint density at radius 2 is 1.20 bits per heavy atom. The fourth-order valence-electron chi connectivity index (χ4n) is 3.21. The summed E-state index contributed by atoms with van der Waals surface area (Å²) in [5, 5.41) is 8.04. The van der Waals surface area contributed by atoms with Crippen LogP contribution in [0.15, 0.2) is 69.0 Å². The van der Waals surface area contributed by atoms with E-state index in [4.69, 9.17) is 20.5 Å². The Kier molecular flexibility index (Phi) is 15.3. The lowest BCUT2D eigenvalue weighted by Crippen LogP contribution is -2.55. The Balaban J connectivity index is 0.00000152. The molecule has 3 N–H and O–H groups in total. The Bertz CT molecular complexity index is 1250. The number of carbonyl (C=O) groups is 2. The Hall–Kier alpha value is -4.23. The number of hydrogen-bond donors (Lipinski definition) is 2. The Morgan fingerprint density at radius 3 is 1.57 bits per heavy atom. The molecule has 0 spiro atoms. The van der Waals surface area contributed by atoms with E-state index in [1.165, 1.54) is 13.8 Å². The molecule has 0 unspecified atom stereocenters. The molecule has 1 aromatic carbocycles. The van der Waals surface area contributed by atoms with Gasteiger partial charge in [-0.1, -0.05) is 44.2 Å². The summed E-state index contributed by atoms with van der Waals surface area (Å²) in [6.07, 6.45) is 2.99. The van der Waals surface area contributed by atoms with Crippen LogP contribution >= 0.6 is 0 Å². The average molecular weight is 565 g/mol. The zero-order valence-electron chi connectivity index (χ0n) is 23.0. The molecular formula is C27H40N4O9. The second kappa shape index (κ2) is 18.1. The predicted molar refractivity (Wildman–Crippen MR) is 150 cm³/mol. The van der Waals surface area contributed by atoms with Crippen LogP contribution in [-0.4, -0.2) is 50.7 Å². The Labute approximate surface area is 233 Å². The van der Waals surface area contributed by atoms with E-state index in [-0.39, 0.29) is 45.4 Å². The number of rotatable bonds is 15. The first-order valence-corrected chi connectivity index (χ1v) is 12.7. The summed E-state index contributed by atoms with van der Waals surface area (Å²) in [5.41, 5.74) is 3.36. The highest BCUT2D eigenvalue weighted by molar-refractivity contribution is 5.87. The number of aromatic nitrogens is 3. The third kappa shape index (κ3) is 11.3. The predicted octanol–water partition coefficient (Wildman–Crippen LogP) is 1.71. The van der Waals surface area contributed by atoms with Crippen molar-refractivity contribution in [3.63, 3.8) is 0 Å². The minimum Gasteiger partial charge on any atom is -0.460 e. The maximum Gasteiger partial charge on any atom is 0.336 e. The van der Waals surface area contributed by atoms with Gasteiger partial charge >= 0.3 is 29.0 Å². The number of para-hydroxylation sites is 1. The average Bonchev–Trinajstić information content (AvgIpc) is 2.94. The van der Waals surface area contributed by atoms with Gasteiger partial charge in [-0.15, -0.1) is 0 Å². The van der Waals surface area contributed by atoms with Crippen LogP contribution in [0.1, 0.15) is 41.0 Å². The van der Waals surface area contributed by atoms with Gasteiger partial charge in [-0.05, 0) is 45.4 Å². The minimum absolute atomic E-state index is 0. The summed E-state index contributed by atoms with van der Waals surface area (Å²) in [5.74, 6) is -0.843. The summed E-state index contributed by atoms with van der Waals surface area (Å²) < 4.78 is 12.6. The maximum absolute atomic E-state index is 12.8. The molecule has 222 valence electrons. The van der Waals surface area contributed by atoms with Crippen LogP contribution in [0.2, 0.25) is 0 Å². The molecule has 40 heavy (non-hydrogen) atoms. The van der Waals surface area contributed by atoms with Gasteiger partial charge in [0.05, 0.1) is 13.1 Å². The van der Waals surface area contributed by atoms with Crippen molar-refractivity contribution in [2.45, 2.75) is 59.2 Å². The second-order valence-electron chi connectivity index (χ2n) is 8.74. The quantitative estimate of drug-likeness (QED) is 0.107. The maximum atomic E-state index is 12.8. The summed E-state index contributed by atoms with van der Waals surface area (Å²) in [6.45, 7) is 9.55. The zero-order chi connectivity index (χ0) is 30.1. The molecule has 0 radical (unpaired) electrons. The topological polar surface area (TPSA) is 174 Å². The van der Waals surface area contributed by atoms with Crippen molar-refractivity contribution in [2.24, 2.45) is 5.73 Å². The van der Waals surface area contributed by atoms with Crippen LogP contribution < -0.4 is 27.7 Å². The summed E-state index contributed by atoms with van der Waals surface area (Å²) in [4.78, 5) is 65.4. The molecule has 0 amide bonds. The van der Waals surface area contributed by atoms with Crippen LogP contribution in [0, 0.1) is 0 Å². The SMILES string of the molecule is C=C(C)C(=O)OCCn1c(=O)n(CCCCCCN)c(=O)n(CCOC(=O)C(=C)C)c1=O.OOc1ccccc1.[HH]. The molecule has 0 saturated heterocycles. The van der Waals surface area contributed by atoms with Gasteiger partial charge < -0.3 is 20.1 Å². The molecule has 0 aliphatic carbocycles. The van der Waals surface area contributed by atoms with Gasteiger partial charge in [0, 0.05) is 19.1 Å². The molecule has 1 heterocycles. The van der Waals surface area contributed by atoms with E-state index in [0.29, 0.717) is 18.7 Å². The standard InChI is InChI=1S/C21H32N4O7.C6H6O2.H2/c1-15(2)17(26)31-13-11-24-19(28)23(10-8-6-5-7-9-22)20(29)25(21(24)30)12-14-32-18(27)16(3)4;7-8-6-4-2-1-3-5-6;/h1,3,5-14,22H2,2,4H3;1-5,7H;1H. The molecule has 13 nitrogen and oxygen atoms in total. The minimum atomic E-state index is -0.878. The van der Waals surface area contributed by atoms with E-state index < -0.39 is 29.0 Å². The third-order valence-corrected chi connectivity index (χ3v) is 5.36. The lowest BCUT2D eigenvalue weighted by atomic mass is 10.2. The van der Waals surface area contributed by atoms with Crippen LogP contribution in [0.5, 0.6) is 5.75 Å². The smallest absolute Gasteiger partial charge is 0.336 e. The van der Waals surface area contributed by atoms with E-state index in [1.807, 2.05) is 6.07 Å². The lowest BCUT2D eigenvalue weighted by Gasteiger charge is -2.14. The molecular weight excluding hydrogens is 524 g/mol. The van der Waals surface area contributed by atoms with Crippen molar-refractivity contribution in [3.05, 3.63) is 86.1 Å². The Morgan fingerprint density at radius 1 is 0.775 bits per heavy atom. The van der Waals surface area contributed by atoms with E-state index in [1.54, 1.807) is 24.3 Å². The highest BCUT2D eigenvalue weighted by Crippen LogP contribution is 2.05. The highest BCUT2D eigenvalue weighted by atomic mass is 17.1. The fourth-order valence-corrected chi connectivity index (χ4v) is 3.21. The van der Waals surface area contributed by atoms with Gasteiger partial charge in [0.15, 0.2) is 5.75 Å². The van der Waals surface area contributed by atoms with Gasteiger partial charge in [-0.2, -0.15) is 0 Å². The fraction of sp³-hybridized carbons (Fsp3) is 0.444. The van der Waals surface area contributed by atoms with Gasteiger partial charge in [-0.25, -0.2) is 42.9 Å². The van der Waals surface area contributed by atoms with Crippen LogP contribution in [0.25, 0.3) is 0 Å². The van der Waals surface area contributed by atoms with Crippen molar-refractivity contribution >= 4 is 11.9 Å². The number of carbonyl (C=O) groups excluding carboxylic acids is 2. The van der Waals surface area contributed by atoms with Crippen molar-refractivity contribution in [3.8, 4) is 5.75 Å². The highest BCUT2D eigenvalue weighted by Gasteiger charge is 2.16. The van der Waals surface area contributed by atoms with Gasteiger partial charge in [0.25, 0.3) is 0 Å². The second-order valence-corrected chi connectivity index (χ2v) is 8.74. The third-order valence-electron chi connectivity index (χ3n) is 5.36. The molecule has 13 heteroatoms.